The number of nitrogens with one attached hydrogen (secondary N) is 1. The second-order valence-electron chi connectivity index (χ2n) is 6.56. The minimum atomic E-state index is -0.948. The molecule has 1 aromatic heterocycles. The van der Waals surface area contributed by atoms with Crippen LogP contribution in [0.1, 0.15) is 49.1 Å². The summed E-state index contributed by atoms with van der Waals surface area (Å²) in [4.78, 5) is 35.7. The van der Waals surface area contributed by atoms with Crippen LogP contribution in [0.5, 0.6) is 0 Å². The molecule has 0 bridgehead atoms. The van der Waals surface area contributed by atoms with E-state index in [-0.39, 0.29) is 18.1 Å². The molecule has 132 valence electrons. The minimum absolute atomic E-state index is 0.0881. The number of carboxylic acids is 1. The zero-order chi connectivity index (χ0) is 17.8. The summed E-state index contributed by atoms with van der Waals surface area (Å²) < 4.78 is 5.13. The summed E-state index contributed by atoms with van der Waals surface area (Å²) in [7, 11) is 0. The molecule has 0 aliphatic heterocycles. The topological polar surface area (TPSA) is 96.6 Å². The van der Waals surface area contributed by atoms with Crippen molar-refractivity contribution >= 4 is 22.6 Å². The lowest BCUT2D eigenvalue weighted by atomic mass is 9.82. The third kappa shape index (κ3) is 4.07. The Morgan fingerprint density at radius 2 is 1.92 bits per heavy atom. The van der Waals surface area contributed by atoms with Gasteiger partial charge in [-0.2, -0.15) is 0 Å². The van der Waals surface area contributed by atoms with E-state index in [9.17, 15) is 14.4 Å². The van der Waals surface area contributed by atoms with E-state index in [4.69, 9.17) is 9.52 Å². The summed E-state index contributed by atoms with van der Waals surface area (Å²) in [5, 5.41) is 13.0. The van der Waals surface area contributed by atoms with Crippen molar-refractivity contribution in [2.24, 2.45) is 5.92 Å². The van der Waals surface area contributed by atoms with Crippen LogP contribution in [0, 0.1) is 5.92 Å². The predicted octanol–water partition coefficient (Wildman–Crippen LogP) is 2.95. The van der Waals surface area contributed by atoms with Crippen LogP contribution in [-0.2, 0) is 4.79 Å². The second kappa shape index (κ2) is 7.51. The van der Waals surface area contributed by atoms with Crippen LogP contribution in [0.4, 0.5) is 0 Å². The minimum Gasteiger partial charge on any atom is -0.481 e. The number of carbonyl (C=O) groups excluding carboxylic acids is 1. The molecular formula is C19H21NO5. The number of carboxylic acid groups (broad SMARTS) is 1. The zero-order valence-electron chi connectivity index (χ0n) is 13.9. The molecule has 1 aromatic carbocycles. The number of hydrogen-bond acceptors (Lipinski definition) is 4. The fraction of sp³-hybridized carbons (Fsp3) is 0.421. The normalized spacial score (nSPS) is 16.5. The SMILES string of the molecule is O=C(O)C[C@@H](NC(=O)c1cc2ccccc2c(=O)o1)C1CCCCC1. The van der Waals surface area contributed by atoms with E-state index in [1.54, 1.807) is 24.3 Å². The average molecular weight is 343 g/mol. The molecule has 1 aliphatic rings. The van der Waals surface area contributed by atoms with E-state index < -0.39 is 23.5 Å². The summed E-state index contributed by atoms with van der Waals surface area (Å²) in [6, 6.07) is 7.94. The van der Waals surface area contributed by atoms with Crippen LogP contribution in [0.2, 0.25) is 0 Å². The number of carbonyl (C=O) groups is 2. The third-order valence-electron chi connectivity index (χ3n) is 4.82. The van der Waals surface area contributed by atoms with Gasteiger partial charge in [0.15, 0.2) is 5.76 Å². The third-order valence-corrected chi connectivity index (χ3v) is 4.82. The molecule has 1 heterocycles. The lowest BCUT2D eigenvalue weighted by Gasteiger charge is -2.29. The van der Waals surface area contributed by atoms with Crippen molar-refractivity contribution in [1.82, 2.24) is 5.32 Å². The van der Waals surface area contributed by atoms with Gasteiger partial charge in [-0.15, -0.1) is 0 Å². The maximum Gasteiger partial charge on any atom is 0.344 e. The first kappa shape index (κ1) is 17.2. The summed E-state index contributed by atoms with van der Waals surface area (Å²) in [6.07, 6.45) is 4.90. The highest BCUT2D eigenvalue weighted by Gasteiger charge is 2.28. The van der Waals surface area contributed by atoms with Crippen molar-refractivity contribution in [1.29, 1.82) is 0 Å². The van der Waals surface area contributed by atoms with E-state index in [0.29, 0.717) is 10.8 Å². The van der Waals surface area contributed by atoms with E-state index >= 15 is 0 Å². The summed E-state index contributed by atoms with van der Waals surface area (Å²) >= 11 is 0. The number of rotatable bonds is 5. The van der Waals surface area contributed by atoms with Gasteiger partial charge in [-0.3, -0.25) is 9.59 Å². The molecular weight excluding hydrogens is 322 g/mol. The maximum absolute atomic E-state index is 12.5. The first-order chi connectivity index (χ1) is 12.0. The van der Waals surface area contributed by atoms with Crippen molar-refractivity contribution in [3.8, 4) is 0 Å². The zero-order valence-corrected chi connectivity index (χ0v) is 13.9. The number of aliphatic carboxylic acids is 1. The van der Waals surface area contributed by atoms with Gasteiger partial charge in [-0.1, -0.05) is 37.5 Å². The van der Waals surface area contributed by atoms with Gasteiger partial charge in [0, 0.05) is 6.04 Å². The molecule has 25 heavy (non-hydrogen) atoms. The molecule has 1 saturated carbocycles. The van der Waals surface area contributed by atoms with Crippen LogP contribution in [0.15, 0.2) is 39.5 Å². The molecule has 0 saturated heterocycles. The van der Waals surface area contributed by atoms with Crippen molar-refractivity contribution in [2.75, 3.05) is 0 Å². The Morgan fingerprint density at radius 3 is 2.64 bits per heavy atom. The lowest BCUT2D eigenvalue weighted by Crippen LogP contribution is -2.42. The highest BCUT2D eigenvalue weighted by Crippen LogP contribution is 2.28. The Kier molecular flexibility index (Phi) is 5.16. The molecule has 0 radical (unpaired) electrons. The smallest absolute Gasteiger partial charge is 0.344 e. The van der Waals surface area contributed by atoms with Crippen molar-refractivity contribution < 1.29 is 19.1 Å². The first-order valence-electron chi connectivity index (χ1n) is 8.60. The average Bonchev–Trinajstić information content (AvgIpc) is 2.61. The van der Waals surface area contributed by atoms with E-state index in [1.807, 2.05) is 0 Å². The first-order valence-corrected chi connectivity index (χ1v) is 8.60. The van der Waals surface area contributed by atoms with Gasteiger partial charge in [0.25, 0.3) is 5.91 Å². The largest absolute Gasteiger partial charge is 0.481 e. The van der Waals surface area contributed by atoms with E-state index in [2.05, 4.69) is 5.32 Å². The molecule has 2 N–H and O–H groups in total. The predicted molar refractivity (Wildman–Crippen MR) is 92.6 cm³/mol. The second-order valence-corrected chi connectivity index (χ2v) is 6.56. The van der Waals surface area contributed by atoms with Crippen molar-refractivity contribution in [3.05, 3.63) is 46.5 Å². The van der Waals surface area contributed by atoms with Gasteiger partial charge in [0.05, 0.1) is 11.8 Å². The summed E-state index contributed by atoms with van der Waals surface area (Å²) in [5.74, 6) is -1.44. The fourth-order valence-electron chi connectivity index (χ4n) is 3.55. The molecule has 1 fully saturated rings. The molecule has 6 nitrogen and oxygen atoms in total. The Bertz CT molecular complexity index is 835. The molecule has 2 aromatic rings. The summed E-state index contributed by atoms with van der Waals surface area (Å²) in [6.45, 7) is 0. The molecule has 1 amide bonds. The van der Waals surface area contributed by atoms with Gasteiger partial charge in [-0.25, -0.2) is 4.79 Å². The summed E-state index contributed by atoms with van der Waals surface area (Å²) in [5.41, 5.74) is -0.573. The van der Waals surface area contributed by atoms with Crippen LogP contribution in [0.25, 0.3) is 10.8 Å². The lowest BCUT2D eigenvalue weighted by molar-refractivity contribution is -0.137. The van der Waals surface area contributed by atoms with Crippen LogP contribution in [-0.4, -0.2) is 23.0 Å². The quantitative estimate of drug-likeness (QED) is 0.870. The van der Waals surface area contributed by atoms with Gasteiger partial charge in [0.2, 0.25) is 0 Å². The van der Waals surface area contributed by atoms with Gasteiger partial charge in [0.1, 0.15) is 0 Å². The van der Waals surface area contributed by atoms with E-state index in [0.717, 1.165) is 32.1 Å². The Labute approximate surface area is 144 Å². The van der Waals surface area contributed by atoms with Crippen molar-refractivity contribution in [2.45, 2.75) is 44.6 Å². The Morgan fingerprint density at radius 1 is 1.20 bits per heavy atom. The standard InChI is InChI=1S/C19H21NO5/c21-17(22)11-15(12-6-2-1-3-7-12)20-18(23)16-10-13-8-4-5-9-14(13)19(24)25-16/h4-5,8-10,12,15H,1-3,6-7,11H2,(H,20,23)(H,21,22)/t15-/m1/s1. The van der Waals surface area contributed by atoms with Gasteiger partial charge in [-0.05, 0) is 36.3 Å². The molecule has 0 spiro atoms. The molecule has 1 aliphatic carbocycles. The maximum atomic E-state index is 12.5. The number of benzene rings is 1. The molecule has 3 rings (SSSR count). The highest BCUT2D eigenvalue weighted by atomic mass is 16.4. The highest BCUT2D eigenvalue weighted by molar-refractivity contribution is 5.95. The molecule has 6 heteroatoms. The molecule has 1 atom stereocenters. The number of amides is 1. The van der Waals surface area contributed by atoms with Crippen LogP contribution >= 0.6 is 0 Å². The van der Waals surface area contributed by atoms with Crippen molar-refractivity contribution in [3.63, 3.8) is 0 Å². The Hall–Kier alpha value is -2.63. The fourth-order valence-corrected chi connectivity index (χ4v) is 3.55. The Balaban J connectivity index is 1.83. The monoisotopic (exact) mass is 343 g/mol. The number of fused-ring (bicyclic) bond motifs is 1. The van der Waals surface area contributed by atoms with Crippen LogP contribution in [0.3, 0.4) is 0 Å². The number of hydrogen-bond donors (Lipinski definition) is 2. The van der Waals surface area contributed by atoms with Crippen LogP contribution < -0.4 is 10.9 Å². The van der Waals surface area contributed by atoms with Gasteiger partial charge < -0.3 is 14.8 Å². The van der Waals surface area contributed by atoms with E-state index in [1.165, 1.54) is 6.07 Å². The van der Waals surface area contributed by atoms with Gasteiger partial charge >= 0.3 is 11.6 Å². The molecule has 0 unspecified atom stereocenters.